The van der Waals surface area contributed by atoms with Crippen molar-refractivity contribution in [1.29, 1.82) is 0 Å². The molecule has 5 N–H and O–H groups in total. The largest absolute Gasteiger partial charge is 0.497 e. The van der Waals surface area contributed by atoms with Gasteiger partial charge in [0.15, 0.2) is 0 Å². The van der Waals surface area contributed by atoms with Crippen molar-refractivity contribution in [2.75, 3.05) is 13.7 Å². The van der Waals surface area contributed by atoms with E-state index in [1.165, 1.54) is 0 Å². The number of ether oxygens (including phenoxy) is 2. The number of aliphatic hydroxyl groups is 2. The normalized spacial score (nSPS) is 24.1. The van der Waals surface area contributed by atoms with Gasteiger partial charge in [0.25, 0.3) is 0 Å². The second-order valence-corrected chi connectivity index (χ2v) is 7.03. The Balaban J connectivity index is 1.77. The Kier molecular flexibility index (Phi) is 8.04. The summed E-state index contributed by atoms with van der Waals surface area (Å²) >= 11 is 0. The second-order valence-electron chi connectivity index (χ2n) is 7.03. The highest BCUT2D eigenvalue weighted by Crippen LogP contribution is 2.23. The fourth-order valence-electron chi connectivity index (χ4n) is 2.87. The van der Waals surface area contributed by atoms with E-state index in [0.717, 1.165) is 11.3 Å². The number of carbonyl (C=O) groups is 2. The van der Waals surface area contributed by atoms with E-state index < -0.39 is 24.4 Å². The van der Waals surface area contributed by atoms with E-state index in [4.69, 9.17) is 9.47 Å². The Morgan fingerprint density at radius 3 is 2.36 bits per heavy atom. The topological polar surface area (TPSA) is 129 Å². The highest BCUT2D eigenvalue weighted by molar-refractivity contribution is 5.76. The highest BCUT2D eigenvalue weighted by Gasteiger charge is 2.43. The summed E-state index contributed by atoms with van der Waals surface area (Å²) < 4.78 is 10.7. The summed E-state index contributed by atoms with van der Waals surface area (Å²) in [7, 11) is 1.58. The number of aliphatic hydroxyl groups excluding tert-OH is 2. The molecule has 4 atom stereocenters. The minimum absolute atomic E-state index is 0.0258. The molecule has 1 heterocycles. The average Bonchev–Trinajstić information content (AvgIpc) is 2.92. The molecule has 0 radical (unpaired) electrons. The summed E-state index contributed by atoms with van der Waals surface area (Å²) in [6, 6.07) is 6.87. The zero-order chi connectivity index (χ0) is 20.7. The molecule has 2 rings (SSSR count). The highest BCUT2D eigenvalue weighted by atomic mass is 16.5. The summed E-state index contributed by atoms with van der Waals surface area (Å²) in [5, 5.41) is 28.2. The number of hydrogen-bond donors (Lipinski definition) is 5. The number of carbonyl (C=O) groups excluding carboxylic acids is 2. The number of benzene rings is 1. The van der Waals surface area contributed by atoms with Gasteiger partial charge >= 0.3 is 6.03 Å². The third-order valence-electron chi connectivity index (χ3n) is 4.38. The lowest BCUT2D eigenvalue weighted by molar-refractivity contribution is -0.125. The van der Waals surface area contributed by atoms with Gasteiger partial charge in [-0.2, -0.15) is 0 Å². The van der Waals surface area contributed by atoms with Gasteiger partial charge in [-0.3, -0.25) is 4.79 Å². The van der Waals surface area contributed by atoms with Crippen molar-refractivity contribution in [3.05, 3.63) is 29.8 Å². The molecule has 9 nitrogen and oxygen atoms in total. The molecule has 1 aliphatic rings. The van der Waals surface area contributed by atoms with Crippen LogP contribution in [0.4, 0.5) is 4.79 Å². The van der Waals surface area contributed by atoms with Crippen LogP contribution in [0.1, 0.15) is 25.8 Å². The van der Waals surface area contributed by atoms with Crippen LogP contribution in [-0.2, 0) is 16.1 Å². The summed E-state index contributed by atoms with van der Waals surface area (Å²) in [6.45, 7) is 4.00. The van der Waals surface area contributed by atoms with E-state index in [9.17, 15) is 19.8 Å². The van der Waals surface area contributed by atoms with Crippen molar-refractivity contribution in [3.8, 4) is 5.75 Å². The van der Waals surface area contributed by atoms with Gasteiger partial charge in [-0.1, -0.05) is 12.1 Å². The predicted octanol–water partition coefficient (Wildman–Crippen LogP) is -0.102. The summed E-state index contributed by atoms with van der Waals surface area (Å²) in [6.07, 6.45) is -4.10. The van der Waals surface area contributed by atoms with Gasteiger partial charge < -0.3 is 35.6 Å². The van der Waals surface area contributed by atoms with Crippen LogP contribution in [0.15, 0.2) is 24.3 Å². The molecule has 1 aromatic rings. The van der Waals surface area contributed by atoms with Gasteiger partial charge in [0.2, 0.25) is 5.91 Å². The van der Waals surface area contributed by atoms with Gasteiger partial charge in [0.1, 0.15) is 24.1 Å². The van der Waals surface area contributed by atoms with Gasteiger partial charge in [-0.25, -0.2) is 4.79 Å². The zero-order valence-corrected chi connectivity index (χ0v) is 16.3. The molecule has 1 aromatic carbocycles. The van der Waals surface area contributed by atoms with Crippen molar-refractivity contribution in [2.24, 2.45) is 0 Å². The van der Waals surface area contributed by atoms with E-state index in [0.29, 0.717) is 6.54 Å². The molecule has 1 saturated heterocycles. The van der Waals surface area contributed by atoms with Crippen molar-refractivity contribution in [2.45, 2.75) is 57.3 Å². The monoisotopic (exact) mass is 395 g/mol. The van der Waals surface area contributed by atoms with Gasteiger partial charge in [-0.05, 0) is 31.5 Å². The van der Waals surface area contributed by atoms with Gasteiger partial charge in [-0.15, -0.1) is 0 Å². The van der Waals surface area contributed by atoms with Gasteiger partial charge in [0.05, 0.1) is 19.6 Å². The number of methoxy groups -OCH3 is 1. The maximum Gasteiger partial charge on any atom is 0.315 e. The second kappa shape index (κ2) is 10.3. The molecule has 0 unspecified atom stereocenters. The van der Waals surface area contributed by atoms with Crippen molar-refractivity contribution in [1.82, 2.24) is 16.0 Å². The lowest BCUT2D eigenvalue weighted by Crippen LogP contribution is -2.45. The first-order valence-corrected chi connectivity index (χ1v) is 9.25. The van der Waals surface area contributed by atoms with E-state index >= 15 is 0 Å². The quantitative estimate of drug-likeness (QED) is 0.418. The molecule has 0 spiro atoms. The average molecular weight is 395 g/mol. The van der Waals surface area contributed by atoms with Crippen LogP contribution in [0, 0.1) is 0 Å². The van der Waals surface area contributed by atoms with Gasteiger partial charge in [0, 0.05) is 19.1 Å². The van der Waals surface area contributed by atoms with Crippen LogP contribution in [0.3, 0.4) is 0 Å². The molecule has 3 amide bonds. The fraction of sp³-hybridized carbons (Fsp3) is 0.579. The minimum Gasteiger partial charge on any atom is -0.497 e. The van der Waals surface area contributed by atoms with Crippen LogP contribution in [0.25, 0.3) is 0 Å². The van der Waals surface area contributed by atoms with Crippen molar-refractivity contribution >= 4 is 11.9 Å². The standard InChI is InChI=1S/C19H29N3O6/c1-11(2)22-19(26)21-10-15-18(25)17(24)14(28-15)8-16(23)20-9-12-4-6-13(27-3)7-5-12/h4-7,11,14-15,17-18,24-25H,8-10H2,1-3H3,(H,20,23)(H2,21,22,26)/t14-,15+,17-,18+/m0/s1. The van der Waals surface area contributed by atoms with Crippen LogP contribution >= 0.6 is 0 Å². The molecule has 9 heteroatoms. The molecular formula is C19H29N3O6. The Morgan fingerprint density at radius 2 is 1.75 bits per heavy atom. The lowest BCUT2D eigenvalue weighted by Gasteiger charge is -2.16. The molecular weight excluding hydrogens is 366 g/mol. The lowest BCUT2D eigenvalue weighted by atomic mass is 10.1. The van der Waals surface area contributed by atoms with Crippen LogP contribution < -0.4 is 20.7 Å². The molecule has 0 aliphatic carbocycles. The first-order chi connectivity index (χ1) is 13.3. The number of hydrogen-bond acceptors (Lipinski definition) is 6. The number of amides is 3. The summed E-state index contributed by atoms with van der Waals surface area (Å²) in [5.41, 5.74) is 0.903. The maximum absolute atomic E-state index is 12.2. The van der Waals surface area contributed by atoms with E-state index in [2.05, 4.69) is 16.0 Å². The smallest absolute Gasteiger partial charge is 0.315 e. The maximum atomic E-state index is 12.2. The SMILES string of the molecule is COc1ccc(CNC(=O)C[C@@H]2O[C@H](CNC(=O)NC(C)C)[C@@H](O)[C@H]2O)cc1. The van der Waals surface area contributed by atoms with E-state index in [-0.39, 0.29) is 30.9 Å². The van der Waals surface area contributed by atoms with Crippen molar-refractivity contribution in [3.63, 3.8) is 0 Å². The Morgan fingerprint density at radius 1 is 1.11 bits per heavy atom. The Labute approximate surface area is 164 Å². The van der Waals surface area contributed by atoms with Crippen LogP contribution in [-0.4, -0.2) is 66.3 Å². The Bertz CT molecular complexity index is 652. The third-order valence-corrected chi connectivity index (χ3v) is 4.38. The third kappa shape index (κ3) is 6.36. The van der Waals surface area contributed by atoms with E-state index in [1.807, 2.05) is 26.0 Å². The molecule has 1 aliphatic heterocycles. The molecule has 0 bridgehead atoms. The molecule has 28 heavy (non-hydrogen) atoms. The first kappa shape index (κ1) is 21.9. The number of nitrogens with one attached hydrogen (secondary N) is 3. The molecule has 0 aromatic heterocycles. The van der Waals surface area contributed by atoms with E-state index in [1.54, 1.807) is 19.2 Å². The number of urea groups is 1. The van der Waals surface area contributed by atoms with Crippen LogP contribution in [0.2, 0.25) is 0 Å². The first-order valence-electron chi connectivity index (χ1n) is 9.25. The predicted molar refractivity (Wildman–Crippen MR) is 102 cm³/mol. The van der Waals surface area contributed by atoms with Crippen molar-refractivity contribution < 1.29 is 29.3 Å². The molecule has 1 fully saturated rings. The fourth-order valence-corrected chi connectivity index (χ4v) is 2.87. The molecule has 0 saturated carbocycles. The zero-order valence-electron chi connectivity index (χ0n) is 16.3. The molecule has 156 valence electrons. The summed E-state index contributed by atoms with van der Waals surface area (Å²) in [5.74, 6) is 0.423. The minimum atomic E-state index is -1.20. The van der Waals surface area contributed by atoms with Crippen LogP contribution in [0.5, 0.6) is 5.75 Å². The number of rotatable bonds is 8. The summed E-state index contributed by atoms with van der Waals surface area (Å²) in [4.78, 5) is 23.8. The Hall–Kier alpha value is -2.36.